The summed E-state index contributed by atoms with van der Waals surface area (Å²) in [6.45, 7) is 3.69. The van der Waals surface area contributed by atoms with E-state index in [4.69, 9.17) is 4.74 Å². The van der Waals surface area contributed by atoms with E-state index < -0.39 is 29.3 Å². The van der Waals surface area contributed by atoms with E-state index in [-0.39, 0.29) is 12.5 Å². The Labute approximate surface area is 162 Å². The third-order valence-electron chi connectivity index (χ3n) is 4.26. The highest BCUT2D eigenvalue weighted by Crippen LogP contribution is 2.19. The molecule has 2 N–H and O–H groups in total. The molecule has 0 saturated carbocycles. The van der Waals surface area contributed by atoms with Gasteiger partial charge in [-0.2, -0.15) is 0 Å². The van der Waals surface area contributed by atoms with E-state index in [1.165, 1.54) is 6.07 Å². The Morgan fingerprint density at radius 1 is 1.07 bits per heavy atom. The molecule has 0 aliphatic carbocycles. The number of hydrogen-bond acceptors (Lipinski definition) is 4. The molecule has 0 bridgehead atoms. The molecule has 0 aliphatic heterocycles. The molecule has 8 heteroatoms. The Kier molecular flexibility index (Phi) is 7.45. The highest BCUT2D eigenvalue weighted by molar-refractivity contribution is 5.96. The lowest BCUT2D eigenvalue weighted by atomic mass is 10.2. The maximum Gasteiger partial charge on any atom is 0.241 e. The summed E-state index contributed by atoms with van der Waals surface area (Å²) < 4.78 is 32.5. The summed E-state index contributed by atoms with van der Waals surface area (Å²) >= 11 is 0. The zero-order valence-corrected chi connectivity index (χ0v) is 16.0. The predicted molar refractivity (Wildman–Crippen MR) is 103 cm³/mol. The van der Waals surface area contributed by atoms with Crippen LogP contribution in [0.25, 0.3) is 0 Å². The van der Waals surface area contributed by atoms with Gasteiger partial charge < -0.3 is 15.4 Å². The van der Waals surface area contributed by atoms with E-state index in [9.17, 15) is 18.4 Å². The Morgan fingerprint density at radius 3 is 2.21 bits per heavy atom. The van der Waals surface area contributed by atoms with Crippen LogP contribution in [0.15, 0.2) is 42.5 Å². The summed E-state index contributed by atoms with van der Waals surface area (Å²) in [5, 5.41) is 4.98. The van der Waals surface area contributed by atoms with Gasteiger partial charge in [-0.1, -0.05) is 13.0 Å². The topological polar surface area (TPSA) is 70.7 Å². The maximum atomic E-state index is 13.7. The second-order valence-corrected chi connectivity index (χ2v) is 6.10. The van der Waals surface area contributed by atoms with Crippen molar-refractivity contribution in [1.82, 2.24) is 4.90 Å². The molecule has 0 spiro atoms. The van der Waals surface area contributed by atoms with Crippen molar-refractivity contribution in [3.05, 3.63) is 54.1 Å². The molecule has 1 atom stereocenters. The molecule has 150 valence electrons. The molecule has 6 nitrogen and oxygen atoms in total. The van der Waals surface area contributed by atoms with Gasteiger partial charge in [-0.25, -0.2) is 8.78 Å². The van der Waals surface area contributed by atoms with Crippen molar-refractivity contribution in [1.29, 1.82) is 0 Å². The Morgan fingerprint density at radius 2 is 1.68 bits per heavy atom. The zero-order valence-electron chi connectivity index (χ0n) is 16.0. The number of rotatable bonds is 8. The van der Waals surface area contributed by atoms with Crippen molar-refractivity contribution in [3.63, 3.8) is 0 Å². The van der Waals surface area contributed by atoms with Crippen LogP contribution in [0.5, 0.6) is 5.75 Å². The van der Waals surface area contributed by atoms with E-state index in [0.29, 0.717) is 18.0 Å². The molecule has 0 saturated heterocycles. The zero-order chi connectivity index (χ0) is 20.7. The SMILES string of the molecule is CCN(CC(=O)Nc1ccc(OC)cc1)C(C)C(=O)Nc1c(F)cccc1F. The molecule has 0 aliphatic rings. The van der Waals surface area contributed by atoms with E-state index in [2.05, 4.69) is 10.6 Å². The number of benzene rings is 2. The molecule has 0 fully saturated rings. The second kappa shape index (κ2) is 9.80. The number of amides is 2. The minimum Gasteiger partial charge on any atom is -0.497 e. The number of methoxy groups -OCH3 is 1. The number of hydrogen-bond donors (Lipinski definition) is 2. The Hall–Kier alpha value is -3.00. The van der Waals surface area contributed by atoms with Crippen LogP contribution in [-0.2, 0) is 9.59 Å². The van der Waals surface area contributed by atoms with Gasteiger partial charge in [-0.3, -0.25) is 14.5 Å². The number of likely N-dealkylation sites (N-methyl/N-ethyl adjacent to an activating group) is 1. The monoisotopic (exact) mass is 391 g/mol. The summed E-state index contributed by atoms with van der Waals surface area (Å²) in [5.74, 6) is -1.98. The second-order valence-electron chi connectivity index (χ2n) is 6.10. The van der Waals surface area contributed by atoms with Crippen LogP contribution in [0.2, 0.25) is 0 Å². The molecule has 2 amide bonds. The van der Waals surface area contributed by atoms with E-state index >= 15 is 0 Å². The summed E-state index contributed by atoms with van der Waals surface area (Å²) in [6, 6.07) is 9.38. The number of carbonyl (C=O) groups excluding carboxylic acids is 2. The van der Waals surface area contributed by atoms with Crippen molar-refractivity contribution in [2.24, 2.45) is 0 Å². The molecule has 0 radical (unpaired) electrons. The first-order chi connectivity index (χ1) is 13.3. The van der Waals surface area contributed by atoms with Gasteiger partial charge in [0, 0.05) is 5.69 Å². The van der Waals surface area contributed by atoms with Gasteiger partial charge in [0.15, 0.2) is 0 Å². The number of halogens is 2. The molecule has 28 heavy (non-hydrogen) atoms. The van der Waals surface area contributed by atoms with Gasteiger partial charge >= 0.3 is 0 Å². The predicted octanol–water partition coefficient (Wildman–Crippen LogP) is 3.26. The fourth-order valence-corrected chi connectivity index (χ4v) is 2.59. The van der Waals surface area contributed by atoms with Gasteiger partial charge in [-0.15, -0.1) is 0 Å². The minimum atomic E-state index is -0.860. The maximum absolute atomic E-state index is 13.7. The lowest BCUT2D eigenvalue weighted by Gasteiger charge is -2.26. The fourth-order valence-electron chi connectivity index (χ4n) is 2.59. The van der Waals surface area contributed by atoms with Gasteiger partial charge in [-0.05, 0) is 49.9 Å². The molecule has 2 aromatic rings. The number of nitrogens with one attached hydrogen (secondary N) is 2. The average molecular weight is 391 g/mol. The number of nitrogens with zero attached hydrogens (tertiary/aromatic N) is 1. The third kappa shape index (κ3) is 5.50. The van der Waals surface area contributed by atoms with Crippen LogP contribution < -0.4 is 15.4 Å². The molecule has 1 unspecified atom stereocenters. The van der Waals surface area contributed by atoms with Gasteiger partial charge in [0.05, 0.1) is 19.7 Å². The molecule has 0 aromatic heterocycles. The highest BCUT2D eigenvalue weighted by atomic mass is 19.1. The average Bonchev–Trinajstić information content (AvgIpc) is 2.69. The third-order valence-corrected chi connectivity index (χ3v) is 4.26. The molecule has 2 aromatic carbocycles. The molecular weight excluding hydrogens is 368 g/mol. The summed E-state index contributed by atoms with van der Waals surface area (Å²) in [4.78, 5) is 26.3. The first-order valence-corrected chi connectivity index (χ1v) is 8.78. The van der Waals surface area contributed by atoms with E-state index in [1.807, 2.05) is 0 Å². The molecule has 2 rings (SSSR count). The number of ether oxygens (including phenoxy) is 1. The van der Waals surface area contributed by atoms with Gasteiger partial charge in [0.1, 0.15) is 23.1 Å². The molecule has 0 heterocycles. The number of anilines is 2. The Bertz CT molecular complexity index is 808. The minimum absolute atomic E-state index is 0.0587. The van der Waals surface area contributed by atoms with Crippen LogP contribution in [0.3, 0.4) is 0 Å². The summed E-state index contributed by atoms with van der Waals surface area (Å²) in [7, 11) is 1.55. The van der Waals surface area contributed by atoms with Crippen LogP contribution in [-0.4, -0.2) is 43.0 Å². The quantitative estimate of drug-likeness (QED) is 0.725. The lowest BCUT2D eigenvalue weighted by Crippen LogP contribution is -2.45. The number of para-hydroxylation sites is 1. The van der Waals surface area contributed by atoms with Crippen LogP contribution in [0, 0.1) is 11.6 Å². The molecular formula is C20H23F2N3O3. The van der Waals surface area contributed by atoms with Crippen LogP contribution in [0.1, 0.15) is 13.8 Å². The van der Waals surface area contributed by atoms with Crippen molar-refractivity contribution in [2.45, 2.75) is 19.9 Å². The fraction of sp³-hybridized carbons (Fsp3) is 0.300. The highest BCUT2D eigenvalue weighted by Gasteiger charge is 2.24. The lowest BCUT2D eigenvalue weighted by molar-refractivity contribution is -0.123. The smallest absolute Gasteiger partial charge is 0.241 e. The van der Waals surface area contributed by atoms with Gasteiger partial charge in [0.2, 0.25) is 11.8 Å². The largest absolute Gasteiger partial charge is 0.497 e. The van der Waals surface area contributed by atoms with E-state index in [1.54, 1.807) is 50.1 Å². The first kappa shape index (κ1) is 21.3. The number of carbonyl (C=O) groups is 2. The summed E-state index contributed by atoms with van der Waals surface area (Å²) in [6.07, 6.45) is 0. The standard InChI is InChI=1S/C20H23F2N3O3/c1-4-25(12-18(26)23-14-8-10-15(28-3)11-9-14)13(2)20(27)24-19-16(21)6-5-7-17(19)22/h5-11,13H,4,12H2,1-3H3,(H,23,26)(H,24,27). The van der Waals surface area contributed by atoms with Crippen molar-refractivity contribution in [3.8, 4) is 5.75 Å². The van der Waals surface area contributed by atoms with Gasteiger partial charge in [0.25, 0.3) is 0 Å². The normalized spacial score (nSPS) is 11.8. The van der Waals surface area contributed by atoms with E-state index in [0.717, 1.165) is 12.1 Å². The first-order valence-electron chi connectivity index (χ1n) is 8.78. The van der Waals surface area contributed by atoms with Crippen LogP contribution >= 0.6 is 0 Å². The Balaban J connectivity index is 1.98. The van der Waals surface area contributed by atoms with Crippen molar-refractivity contribution >= 4 is 23.2 Å². The van der Waals surface area contributed by atoms with Crippen molar-refractivity contribution in [2.75, 3.05) is 30.8 Å². The summed E-state index contributed by atoms with van der Waals surface area (Å²) in [5.41, 5.74) is 0.0884. The van der Waals surface area contributed by atoms with Crippen LogP contribution in [0.4, 0.5) is 20.2 Å². The van der Waals surface area contributed by atoms with Crippen molar-refractivity contribution < 1.29 is 23.1 Å².